The summed E-state index contributed by atoms with van der Waals surface area (Å²) in [7, 11) is 1.60. The van der Waals surface area contributed by atoms with Crippen molar-refractivity contribution in [3.8, 4) is 11.5 Å². The molecule has 1 N–H and O–H groups in total. The summed E-state index contributed by atoms with van der Waals surface area (Å²) in [5.74, 6) is 0.689. The lowest BCUT2D eigenvalue weighted by Crippen LogP contribution is -2.51. The van der Waals surface area contributed by atoms with Crippen LogP contribution in [0.2, 0.25) is 5.02 Å². The maximum Gasteiger partial charge on any atom is 0.261 e. The highest BCUT2D eigenvalue weighted by Crippen LogP contribution is 2.20. The predicted molar refractivity (Wildman–Crippen MR) is 153 cm³/mol. The molecule has 0 aliphatic heterocycles. The number of benzene rings is 4. The Morgan fingerprint density at radius 2 is 1.46 bits per heavy atom. The second-order valence-corrected chi connectivity index (χ2v) is 9.42. The van der Waals surface area contributed by atoms with E-state index < -0.39 is 6.04 Å². The van der Waals surface area contributed by atoms with Crippen LogP contribution >= 0.6 is 11.6 Å². The molecule has 4 rings (SSSR count). The van der Waals surface area contributed by atoms with E-state index in [4.69, 9.17) is 21.1 Å². The summed E-state index contributed by atoms with van der Waals surface area (Å²) in [5.41, 5.74) is 2.63. The Bertz CT molecular complexity index is 1350. The lowest BCUT2D eigenvalue weighted by molar-refractivity contribution is -0.142. The van der Waals surface area contributed by atoms with Crippen LogP contribution in [0.4, 0.5) is 0 Å². The van der Waals surface area contributed by atoms with Gasteiger partial charge in [0.15, 0.2) is 6.61 Å². The van der Waals surface area contributed by atoms with Gasteiger partial charge in [-0.15, -0.1) is 0 Å². The zero-order valence-electron chi connectivity index (χ0n) is 21.8. The molecule has 0 bridgehead atoms. The second-order valence-electron chi connectivity index (χ2n) is 8.99. The Morgan fingerprint density at radius 3 is 2.15 bits per heavy atom. The van der Waals surface area contributed by atoms with Crippen molar-refractivity contribution in [3.63, 3.8) is 0 Å². The molecule has 0 spiro atoms. The zero-order chi connectivity index (χ0) is 27.5. The fourth-order valence-electron chi connectivity index (χ4n) is 4.23. The minimum atomic E-state index is -0.787. The number of carbonyl (C=O) groups excluding carboxylic acids is 2. The Kier molecular flexibility index (Phi) is 9.98. The van der Waals surface area contributed by atoms with Crippen LogP contribution in [-0.4, -0.2) is 36.5 Å². The van der Waals surface area contributed by atoms with Gasteiger partial charge in [0.05, 0.1) is 7.11 Å². The van der Waals surface area contributed by atoms with Crippen LogP contribution < -0.4 is 14.8 Å². The molecular weight excluding hydrogens is 512 g/mol. The number of ether oxygens (including phenoxy) is 2. The average Bonchev–Trinajstić information content (AvgIpc) is 2.98. The lowest BCUT2D eigenvalue weighted by Gasteiger charge is -2.31. The summed E-state index contributed by atoms with van der Waals surface area (Å²) >= 11 is 6.10. The minimum Gasteiger partial charge on any atom is -0.496 e. The van der Waals surface area contributed by atoms with Crippen LogP contribution in [0.25, 0.3) is 0 Å². The highest BCUT2D eigenvalue weighted by molar-refractivity contribution is 6.30. The molecule has 7 heteroatoms. The first kappa shape index (κ1) is 27.7. The van der Waals surface area contributed by atoms with Gasteiger partial charge in [0.1, 0.15) is 17.5 Å². The second kappa shape index (κ2) is 14.0. The summed E-state index contributed by atoms with van der Waals surface area (Å²) in [6, 6.07) is 32.8. The third-order valence-electron chi connectivity index (χ3n) is 6.29. The number of hydrogen-bond donors (Lipinski definition) is 1. The third kappa shape index (κ3) is 8.09. The summed E-state index contributed by atoms with van der Waals surface area (Å²) in [6.45, 7) is 0.272. The molecule has 200 valence electrons. The first-order valence-corrected chi connectivity index (χ1v) is 13.1. The van der Waals surface area contributed by atoms with Crippen molar-refractivity contribution in [1.29, 1.82) is 0 Å². The van der Waals surface area contributed by atoms with Crippen LogP contribution in [-0.2, 0) is 29.1 Å². The first-order valence-electron chi connectivity index (χ1n) is 12.7. The fraction of sp³-hybridized carbons (Fsp3) is 0.188. The first-order chi connectivity index (χ1) is 19.0. The van der Waals surface area contributed by atoms with Crippen molar-refractivity contribution in [2.24, 2.45) is 0 Å². The number of para-hydroxylation sites is 2. The van der Waals surface area contributed by atoms with Crippen LogP contribution in [0, 0.1) is 0 Å². The molecule has 0 saturated carbocycles. The molecule has 0 heterocycles. The average molecular weight is 543 g/mol. The maximum absolute atomic E-state index is 13.8. The van der Waals surface area contributed by atoms with Gasteiger partial charge in [0, 0.05) is 30.1 Å². The van der Waals surface area contributed by atoms with E-state index in [1.807, 2.05) is 84.9 Å². The van der Waals surface area contributed by atoms with E-state index in [-0.39, 0.29) is 31.5 Å². The fourth-order valence-corrected chi connectivity index (χ4v) is 4.36. The molecular formula is C32H31ClN2O4. The molecule has 2 amide bonds. The number of methoxy groups -OCH3 is 1. The van der Waals surface area contributed by atoms with E-state index in [2.05, 4.69) is 5.32 Å². The summed E-state index contributed by atoms with van der Waals surface area (Å²) in [4.78, 5) is 29.0. The largest absolute Gasteiger partial charge is 0.496 e. The van der Waals surface area contributed by atoms with Gasteiger partial charge in [-0.1, -0.05) is 90.5 Å². The van der Waals surface area contributed by atoms with Crippen LogP contribution in [0.1, 0.15) is 16.7 Å². The lowest BCUT2D eigenvalue weighted by atomic mass is 10.0. The number of halogens is 1. The zero-order valence-corrected chi connectivity index (χ0v) is 22.5. The standard InChI is InChI=1S/C32H31ClN2O4/c1-38-30-15-9-8-12-26(30)21-34-32(37)29(20-24-10-4-2-5-11-24)35(22-25-16-18-27(33)19-17-25)31(36)23-39-28-13-6-3-7-14-28/h2-19,29H,20-23H2,1H3,(H,34,37). The summed E-state index contributed by atoms with van der Waals surface area (Å²) in [5, 5.41) is 3.62. The molecule has 39 heavy (non-hydrogen) atoms. The Balaban J connectivity index is 1.61. The minimum absolute atomic E-state index is 0.206. The molecule has 4 aromatic rings. The molecule has 0 fully saturated rings. The molecule has 0 saturated heterocycles. The maximum atomic E-state index is 13.8. The highest BCUT2D eigenvalue weighted by atomic mass is 35.5. The van der Waals surface area contributed by atoms with E-state index in [0.29, 0.717) is 22.9 Å². The quantitative estimate of drug-likeness (QED) is 0.250. The van der Waals surface area contributed by atoms with Gasteiger partial charge in [-0.25, -0.2) is 0 Å². The normalized spacial score (nSPS) is 11.3. The Labute approximate surface area is 234 Å². The van der Waals surface area contributed by atoms with Crippen molar-refractivity contribution in [1.82, 2.24) is 10.2 Å². The predicted octanol–water partition coefficient (Wildman–Crippen LogP) is 5.68. The SMILES string of the molecule is COc1ccccc1CNC(=O)C(Cc1ccccc1)N(Cc1ccc(Cl)cc1)C(=O)COc1ccccc1. The van der Waals surface area contributed by atoms with Gasteiger partial charge in [-0.3, -0.25) is 9.59 Å². The van der Waals surface area contributed by atoms with E-state index in [0.717, 1.165) is 16.7 Å². The van der Waals surface area contributed by atoms with E-state index >= 15 is 0 Å². The van der Waals surface area contributed by atoms with E-state index in [9.17, 15) is 9.59 Å². The highest BCUT2D eigenvalue weighted by Gasteiger charge is 2.30. The van der Waals surface area contributed by atoms with Gasteiger partial charge < -0.3 is 19.7 Å². The topological polar surface area (TPSA) is 67.9 Å². The monoisotopic (exact) mass is 542 g/mol. The number of carbonyl (C=O) groups is 2. The van der Waals surface area contributed by atoms with Crippen LogP contribution in [0.15, 0.2) is 109 Å². The molecule has 0 aliphatic rings. The number of nitrogens with one attached hydrogen (secondary N) is 1. The van der Waals surface area contributed by atoms with E-state index in [1.54, 1.807) is 36.3 Å². The van der Waals surface area contributed by atoms with Crippen molar-refractivity contribution in [2.45, 2.75) is 25.6 Å². The number of rotatable bonds is 12. The van der Waals surface area contributed by atoms with Gasteiger partial charge in [0.25, 0.3) is 5.91 Å². The van der Waals surface area contributed by atoms with Crippen LogP contribution in [0.3, 0.4) is 0 Å². The molecule has 0 radical (unpaired) electrons. The summed E-state index contributed by atoms with van der Waals surface area (Å²) < 4.78 is 11.2. The van der Waals surface area contributed by atoms with Gasteiger partial charge in [0.2, 0.25) is 5.91 Å². The van der Waals surface area contributed by atoms with Crippen molar-refractivity contribution >= 4 is 23.4 Å². The van der Waals surface area contributed by atoms with Crippen molar-refractivity contribution < 1.29 is 19.1 Å². The van der Waals surface area contributed by atoms with Crippen molar-refractivity contribution in [2.75, 3.05) is 13.7 Å². The molecule has 1 unspecified atom stereocenters. The number of amides is 2. The summed E-state index contributed by atoms with van der Waals surface area (Å²) in [6.07, 6.45) is 0.337. The smallest absolute Gasteiger partial charge is 0.261 e. The van der Waals surface area contributed by atoms with Gasteiger partial charge in [-0.05, 0) is 41.5 Å². The molecule has 0 aliphatic carbocycles. The van der Waals surface area contributed by atoms with E-state index in [1.165, 1.54) is 0 Å². The number of hydrogen-bond acceptors (Lipinski definition) is 4. The Hall–Kier alpha value is -4.29. The third-order valence-corrected chi connectivity index (χ3v) is 6.54. The van der Waals surface area contributed by atoms with Crippen LogP contribution in [0.5, 0.6) is 11.5 Å². The molecule has 1 atom stereocenters. The molecule has 0 aromatic heterocycles. The molecule has 6 nitrogen and oxygen atoms in total. The van der Waals surface area contributed by atoms with Crippen molar-refractivity contribution in [3.05, 3.63) is 131 Å². The number of nitrogens with zero attached hydrogens (tertiary/aromatic N) is 1. The van der Waals surface area contributed by atoms with Gasteiger partial charge in [-0.2, -0.15) is 0 Å². The van der Waals surface area contributed by atoms with Gasteiger partial charge >= 0.3 is 0 Å². The molecule has 4 aromatic carbocycles. The Morgan fingerprint density at radius 1 is 0.821 bits per heavy atom.